The summed E-state index contributed by atoms with van der Waals surface area (Å²) in [5, 5.41) is 6.23. The van der Waals surface area contributed by atoms with Gasteiger partial charge in [-0.25, -0.2) is 0 Å². The fourth-order valence-electron chi connectivity index (χ4n) is 3.08. The van der Waals surface area contributed by atoms with Crippen molar-refractivity contribution in [3.63, 3.8) is 0 Å². The van der Waals surface area contributed by atoms with Crippen molar-refractivity contribution in [3.8, 4) is 17.2 Å². The third kappa shape index (κ3) is 5.06. The van der Waals surface area contributed by atoms with Crippen LogP contribution in [0, 0.1) is 20.8 Å². The smallest absolute Gasteiger partial charge is 0.226 e. The molecule has 0 radical (unpaired) electrons. The van der Waals surface area contributed by atoms with E-state index in [0.29, 0.717) is 30.2 Å². The third-order valence-electron chi connectivity index (χ3n) is 4.29. The lowest BCUT2D eigenvalue weighted by Gasteiger charge is -2.15. The number of ether oxygens (including phenoxy) is 3. The lowest BCUT2D eigenvalue weighted by molar-refractivity contribution is -0.115. The summed E-state index contributed by atoms with van der Waals surface area (Å²) in [7, 11) is 4.70. The van der Waals surface area contributed by atoms with Crippen LogP contribution < -0.4 is 24.8 Å². The van der Waals surface area contributed by atoms with E-state index in [0.717, 1.165) is 22.5 Å². The van der Waals surface area contributed by atoms with E-state index < -0.39 is 0 Å². The zero-order valence-corrected chi connectivity index (χ0v) is 16.9. The van der Waals surface area contributed by atoms with Crippen molar-refractivity contribution < 1.29 is 19.0 Å². The van der Waals surface area contributed by atoms with Gasteiger partial charge in [-0.15, -0.1) is 0 Å². The van der Waals surface area contributed by atoms with Crippen LogP contribution in [-0.2, 0) is 4.79 Å². The molecular weight excluding hydrogens is 344 g/mol. The fraction of sp³-hybridized carbons (Fsp3) is 0.381. The number of benzene rings is 2. The van der Waals surface area contributed by atoms with E-state index in [4.69, 9.17) is 14.2 Å². The van der Waals surface area contributed by atoms with Crippen LogP contribution in [0.1, 0.15) is 23.1 Å². The van der Waals surface area contributed by atoms with Gasteiger partial charge in [0.25, 0.3) is 0 Å². The third-order valence-corrected chi connectivity index (χ3v) is 4.29. The maximum absolute atomic E-state index is 12.3. The first kappa shape index (κ1) is 20.4. The molecule has 146 valence electrons. The minimum atomic E-state index is -0.0370. The zero-order valence-electron chi connectivity index (χ0n) is 16.9. The van der Waals surface area contributed by atoms with E-state index in [-0.39, 0.29) is 5.91 Å². The lowest BCUT2D eigenvalue weighted by Crippen LogP contribution is -2.17. The second-order valence-corrected chi connectivity index (χ2v) is 6.41. The van der Waals surface area contributed by atoms with E-state index in [1.54, 1.807) is 21.3 Å². The topological polar surface area (TPSA) is 68.8 Å². The highest BCUT2D eigenvalue weighted by Gasteiger charge is 2.13. The second kappa shape index (κ2) is 9.16. The zero-order chi connectivity index (χ0) is 20.0. The fourth-order valence-corrected chi connectivity index (χ4v) is 3.08. The number of rotatable bonds is 8. The van der Waals surface area contributed by atoms with Crippen LogP contribution in [0.4, 0.5) is 11.4 Å². The molecule has 6 nitrogen and oxygen atoms in total. The average Bonchev–Trinajstić information content (AvgIpc) is 2.63. The van der Waals surface area contributed by atoms with Crippen LogP contribution in [-0.4, -0.2) is 33.8 Å². The van der Waals surface area contributed by atoms with Crippen molar-refractivity contribution in [1.29, 1.82) is 0 Å². The minimum Gasteiger partial charge on any atom is -0.493 e. The van der Waals surface area contributed by atoms with Gasteiger partial charge >= 0.3 is 0 Å². The molecule has 2 aromatic carbocycles. The van der Waals surface area contributed by atoms with E-state index in [2.05, 4.69) is 22.8 Å². The summed E-state index contributed by atoms with van der Waals surface area (Å²) < 4.78 is 16.0. The molecular formula is C21H28N2O4. The minimum absolute atomic E-state index is 0.0370. The summed E-state index contributed by atoms with van der Waals surface area (Å²) in [4.78, 5) is 12.3. The number of nitrogens with one attached hydrogen (secondary N) is 2. The summed E-state index contributed by atoms with van der Waals surface area (Å²) in [5.41, 5.74) is 5.00. The quantitative estimate of drug-likeness (QED) is 0.731. The van der Waals surface area contributed by atoms with Crippen molar-refractivity contribution in [2.75, 3.05) is 38.5 Å². The van der Waals surface area contributed by atoms with E-state index in [9.17, 15) is 4.79 Å². The van der Waals surface area contributed by atoms with Crippen LogP contribution in [0.25, 0.3) is 0 Å². The summed E-state index contributed by atoms with van der Waals surface area (Å²) in [6.45, 7) is 6.54. The van der Waals surface area contributed by atoms with Crippen molar-refractivity contribution in [2.24, 2.45) is 0 Å². The van der Waals surface area contributed by atoms with Gasteiger partial charge in [0.05, 0.1) is 21.3 Å². The Morgan fingerprint density at radius 3 is 1.93 bits per heavy atom. The molecule has 2 rings (SSSR count). The van der Waals surface area contributed by atoms with Crippen LogP contribution in [0.15, 0.2) is 24.3 Å². The molecule has 1 amide bonds. The van der Waals surface area contributed by atoms with Crippen LogP contribution >= 0.6 is 0 Å². The Hall–Kier alpha value is -2.89. The van der Waals surface area contributed by atoms with E-state index >= 15 is 0 Å². The largest absolute Gasteiger partial charge is 0.493 e. The van der Waals surface area contributed by atoms with E-state index in [1.807, 2.05) is 32.9 Å². The Morgan fingerprint density at radius 2 is 1.44 bits per heavy atom. The first-order valence-electron chi connectivity index (χ1n) is 8.81. The molecule has 0 saturated carbocycles. The van der Waals surface area contributed by atoms with Crippen LogP contribution in [0.2, 0.25) is 0 Å². The van der Waals surface area contributed by atoms with Gasteiger partial charge in [-0.1, -0.05) is 17.7 Å². The van der Waals surface area contributed by atoms with Gasteiger partial charge in [0, 0.05) is 36.5 Å². The highest BCUT2D eigenvalue weighted by molar-refractivity contribution is 5.92. The maximum atomic E-state index is 12.3. The monoisotopic (exact) mass is 372 g/mol. The number of hydrogen-bond donors (Lipinski definition) is 2. The first-order valence-corrected chi connectivity index (χ1v) is 8.81. The Morgan fingerprint density at radius 1 is 0.889 bits per heavy atom. The maximum Gasteiger partial charge on any atom is 0.226 e. The molecule has 0 spiro atoms. The average molecular weight is 372 g/mol. The molecule has 0 aliphatic carbocycles. The van der Waals surface area contributed by atoms with Crippen molar-refractivity contribution >= 4 is 17.3 Å². The van der Waals surface area contributed by atoms with Crippen molar-refractivity contribution in [2.45, 2.75) is 27.2 Å². The molecule has 0 fully saturated rings. The first-order chi connectivity index (χ1) is 12.9. The van der Waals surface area contributed by atoms with Crippen LogP contribution in [0.5, 0.6) is 17.2 Å². The molecule has 0 unspecified atom stereocenters. The Balaban J connectivity index is 1.99. The number of methoxy groups -OCH3 is 3. The number of aryl methyl sites for hydroxylation is 3. The summed E-state index contributed by atoms with van der Waals surface area (Å²) in [6.07, 6.45) is 0.337. The molecule has 0 heterocycles. The van der Waals surface area contributed by atoms with Gasteiger partial charge in [-0.05, 0) is 31.9 Å². The summed E-state index contributed by atoms with van der Waals surface area (Å²) in [6, 6.07) is 7.76. The number of hydrogen-bond acceptors (Lipinski definition) is 5. The summed E-state index contributed by atoms with van der Waals surface area (Å²) >= 11 is 0. The highest BCUT2D eigenvalue weighted by atomic mass is 16.5. The van der Waals surface area contributed by atoms with Gasteiger partial charge in [-0.3, -0.25) is 4.79 Å². The van der Waals surface area contributed by atoms with Gasteiger partial charge in [0.2, 0.25) is 11.7 Å². The second-order valence-electron chi connectivity index (χ2n) is 6.41. The number of anilines is 2. The predicted octanol–water partition coefficient (Wildman–Crippen LogP) is 4.08. The molecule has 2 N–H and O–H groups in total. The Kier molecular flexibility index (Phi) is 6.93. The SMILES string of the molecule is COc1cc(NCCC(=O)Nc2c(C)cc(C)cc2C)cc(OC)c1OC. The number of carbonyl (C=O) groups is 1. The Labute approximate surface area is 160 Å². The molecule has 0 bridgehead atoms. The predicted molar refractivity (Wildman–Crippen MR) is 108 cm³/mol. The molecule has 6 heteroatoms. The Bertz CT molecular complexity index is 770. The van der Waals surface area contributed by atoms with E-state index in [1.165, 1.54) is 5.56 Å². The molecule has 0 aromatic heterocycles. The standard InChI is InChI=1S/C21H28N2O4/c1-13-9-14(2)20(15(3)10-13)23-19(24)7-8-22-16-11-17(25-4)21(27-6)18(12-16)26-5/h9-12,22H,7-8H2,1-6H3,(H,23,24). The molecule has 0 saturated heterocycles. The highest BCUT2D eigenvalue weighted by Crippen LogP contribution is 2.39. The molecule has 0 aliphatic heterocycles. The molecule has 2 aromatic rings. The van der Waals surface area contributed by atoms with Crippen molar-refractivity contribution in [3.05, 3.63) is 41.0 Å². The van der Waals surface area contributed by atoms with Gasteiger partial charge in [0.15, 0.2) is 11.5 Å². The molecule has 0 aliphatic rings. The number of carbonyl (C=O) groups excluding carboxylic acids is 1. The normalized spacial score (nSPS) is 10.3. The van der Waals surface area contributed by atoms with Gasteiger partial charge in [0.1, 0.15) is 0 Å². The molecule has 27 heavy (non-hydrogen) atoms. The van der Waals surface area contributed by atoms with Crippen LogP contribution in [0.3, 0.4) is 0 Å². The molecule has 0 atom stereocenters. The van der Waals surface area contributed by atoms with Crippen molar-refractivity contribution in [1.82, 2.24) is 0 Å². The van der Waals surface area contributed by atoms with Gasteiger partial charge in [-0.2, -0.15) is 0 Å². The lowest BCUT2D eigenvalue weighted by atomic mass is 10.1. The summed E-state index contributed by atoms with van der Waals surface area (Å²) in [5.74, 6) is 1.63. The number of amides is 1. The van der Waals surface area contributed by atoms with Gasteiger partial charge < -0.3 is 24.8 Å².